The van der Waals surface area contributed by atoms with Crippen molar-refractivity contribution in [3.05, 3.63) is 26.3 Å². The molecule has 1 aliphatic rings. The van der Waals surface area contributed by atoms with E-state index in [4.69, 9.17) is 9.72 Å². The zero-order valence-electron chi connectivity index (χ0n) is 12.4. The first-order chi connectivity index (χ1) is 9.54. The molecule has 20 heavy (non-hydrogen) atoms. The van der Waals surface area contributed by atoms with Gasteiger partial charge in [0.2, 0.25) is 0 Å². The zero-order chi connectivity index (χ0) is 14.7. The highest BCUT2D eigenvalue weighted by molar-refractivity contribution is 9.10. The summed E-state index contributed by atoms with van der Waals surface area (Å²) in [6.45, 7) is 6.74. The lowest BCUT2D eigenvalue weighted by molar-refractivity contribution is 0.0228. The van der Waals surface area contributed by atoms with Gasteiger partial charge in [0.1, 0.15) is 16.4 Å². The quantitative estimate of drug-likeness (QED) is 0.881. The maximum Gasteiger partial charge on any atom is 0.265 e. The van der Waals surface area contributed by atoms with Gasteiger partial charge in [0.05, 0.1) is 5.69 Å². The molecule has 0 spiro atoms. The standard InChI is InChI=1S/C15H23BrN2O2/c1-4-20-13(9(2)3)14-17-12(10-7-5-6-8-10)11(16)15(19)18-14/h9-10,13H,4-8H2,1-3H3,(H,17,18,19). The highest BCUT2D eigenvalue weighted by Crippen LogP contribution is 2.36. The SMILES string of the molecule is CCOC(c1nc(C2CCCC2)c(Br)c(=O)[nH]1)C(C)C. The summed E-state index contributed by atoms with van der Waals surface area (Å²) in [5.74, 6) is 1.34. The van der Waals surface area contributed by atoms with E-state index in [1.165, 1.54) is 12.8 Å². The van der Waals surface area contributed by atoms with Gasteiger partial charge in [-0.1, -0.05) is 26.7 Å². The molecule has 1 aromatic heterocycles. The number of nitrogens with one attached hydrogen (secondary N) is 1. The molecule has 112 valence electrons. The normalized spacial score (nSPS) is 17.9. The Bertz CT molecular complexity index is 507. The topological polar surface area (TPSA) is 55.0 Å². The molecule has 4 nitrogen and oxygen atoms in total. The molecule has 5 heteroatoms. The third-order valence-corrected chi connectivity index (χ3v) is 4.64. The highest BCUT2D eigenvalue weighted by atomic mass is 79.9. The minimum Gasteiger partial charge on any atom is -0.370 e. The first-order valence-corrected chi connectivity index (χ1v) is 8.25. The van der Waals surface area contributed by atoms with E-state index in [2.05, 4.69) is 34.8 Å². The van der Waals surface area contributed by atoms with Crippen LogP contribution in [0, 0.1) is 5.92 Å². The van der Waals surface area contributed by atoms with Gasteiger partial charge in [-0.05, 0) is 41.6 Å². The van der Waals surface area contributed by atoms with E-state index in [0.717, 1.165) is 18.5 Å². The maximum atomic E-state index is 12.2. The summed E-state index contributed by atoms with van der Waals surface area (Å²) >= 11 is 3.40. The van der Waals surface area contributed by atoms with Gasteiger partial charge in [-0.25, -0.2) is 4.98 Å². The summed E-state index contributed by atoms with van der Waals surface area (Å²) in [4.78, 5) is 19.7. The van der Waals surface area contributed by atoms with E-state index >= 15 is 0 Å². The number of aromatic nitrogens is 2. The molecule has 0 amide bonds. The first-order valence-electron chi connectivity index (χ1n) is 7.45. The molecular weight excluding hydrogens is 320 g/mol. The third kappa shape index (κ3) is 3.31. The Kier molecular flexibility index (Phi) is 5.38. The van der Waals surface area contributed by atoms with Gasteiger partial charge >= 0.3 is 0 Å². The van der Waals surface area contributed by atoms with E-state index in [-0.39, 0.29) is 17.6 Å². The summed E-state index contributed by atoms with van der Waals surface area (Å²) in [6.07, 6.45) is 4.53. The fourth-order valence-electron chi connectivity index (χ4n) is 2.87. The van der Waals surface area contributed by atoms with Crippen LogP contribution >= 0.6 is 15.9 Å². The lowest BCUT2D eigenvalue weighted by atomic mass is 10.0. The van der Waals surface area contributed by atoms with Crippen LogP contribution < -0.4 is 5.56 Å². The van der Waals surface area contributed by atoms with Crippen molar-refractivity contribution in [2.75, 3.05) is 6.61 Å². The second kappa shape index (κ2) is 6.85. The minimum absolute atomic E-state index is 0.0951. The van der Waals surface area contributed by atoms with E-state index in [9.17, 15) is 4.79 Å². The number of hydrogen-bond donors (Lipinski definition) is 1. The van der Waals surface area contributed by atoms with Gasteiger partial charge in [-0.15, -0.1) is 0 Å². The van der Waals surface area contributed by atoms with Crippen molar-refractivity contribution in [2.24, 2.45) is 5.92 Å². The summed E-state index contributed by atoms with van der Waals surface area (Å²) < 4.78 is 6.34. The number of ether oxygens (including phenoxy) is 1. The fourth-order valence-corrected chi connectivity index (χ4v) is 3.38. The second-order valence-electron chi connectivity index (χ2n) is 5.75. The number of halogens is 1. The van der Waals surface area contributed by atoms with Crippen LogP contribution in [0.1, 0.15) is 70.0 Å². The van der Waals surface area contributed by atoms with Crippen LogP contribution in [0.15, 0.2) is 9.27 Å². The Labute approximate surface area is 128 Å². The van der Waals surface area contributed by atoms with Crippen molar-refractivity contribution >= 4 is 15.9 Å². The van der Waals surface area contributed by atoms with E-state index in [1.54, 1.807) is 0 Å². The van der Waals surface area contributed by atoms with Crippen LogP contribution in [-0.4, -0.2) is 16.6 Å². The zero-order valence-corrected chi connectivity index (χ0v) is 14.0. The molecule has 1 unspecified atom stereocenters. The Morgan fingerprint density at radius 2 is 2.05 bits per heavy atom. The van der Waals surface area contributed by atoms with Gasteiger partial charge < -0.3 is 9.72 Å². The molecule has 1 atom stereocenters. The first kappa shape index (κ1) is 15.7. The van der Waals surface area contributed by atoms with Crippen molar-refractivity contribution in [3.63, 3.8) is 0 Å². The van der Waals surface area contributed by atoms with Crippen LogP contribution in [0.5, 0.6) is 0 Å². The number of H-pyrrole nitrogens is 1. The molecule has 1 saturated carbocycles. The molecule has 0 aliphatic heterocycles. The van der Waals surface area contributed by atoms with Crippen LogP contribution in [0.4, 0.5) is 0 Å². The van der Waals surface area contributed by atoms with Gasteiger partial charge in [-0.3, -0.25) is 4.79 Å². The average Bonchev–Trinajstić information content (AvgIpc) is 2.92. The average molecular weight is 343 g/mol. The molecule has 0 radical (unpaired) electrons. The van der Waals surface area contributed by atoms with E-state index in [0.29, 0.717) is 22.8 Å². The monoisotopic (exact) mass is 342 g/mol. The van der Waals surface area contributed by atoms with Crippen molar-refractivity contribution in [3.8, 4) is 0 Å². The van der Waals surface area contributed by atoms with Crippen LogP contribution in [-0.2, 0) is 4.74 Å². The predicted octanol–water partition coefficient (Wildman–Crippen LogP) is 3.92. The van der Waals surface area contributed by atoms with Crippen molar-refractivity contribution in [2.45, 2.75) is 58.5 Å². The van der Waals surface area contributed by atoms with Gasteiger partial charge in [0.25, 0.3) is 5.56 Å². The van der Waals surface area contributed by atoms with E-state index in [1.807, 2.05) is 6.92 Å². The molecular formula is C15H23BrN2O2. The van der Waals surface area contributed by atoms with Gasteiger partial charge in [0.15, 0.2) is 0 Å². The molecule has 1 fully saturated rings. The molecule has 1 aromatic rings. The fraction of sp³-hybridized carbons (Fsp3) is 0.733. The smallest absolute Gasteiger partial charge is 0.265 e. The molecule has 1 aliphatic carbocycles. The molecule has 2 rings (SSSR count). The third-order valence-electron chi connectivity index (χ3n) is 3.87. The van der Waals surface area contributed by atoms with Gasteiger partial charge in [-0.2, -0.15) is 0 Å². The van der Waals surface area contributed by atoms with Crippen molar-refractivity contribution in [1.82, 2.24) is 9.97 Å². The predicted molar refractivity (Wildman–Crippen MR) is 83.0 cm³/mol. The molecule has 0 aromatic carbocycles. The van der Waals surface area contributed by atoms with Crippen molar-refractivity contribution < 1.29 is 4.74 Å². The minimum atomic E-state index is -0.152. The Morgan fingerprint density at radius 3 is 2.60 bits per heavy atom. The highest BCUT2D eigenvalue weighted by Gasteiger charge is 2.26. The lowest BCUT2D eigenvalue weighted by Gasteiger charge is -2.21. The number of nitrogens with zero attached hydrogens (tertiary/aromatic N) is 1. The van der Waals surface area contributed by atoms with Crippen LogP contribution in [0.2, 0.25) is 0 Å². The van der Waals surface area contributed by atoms with Crippen LogP contribution in [0.3, 0.4) is 0 Å². The van der Waals surface area contributed by atoms with Crippen molar-refractivity contribution in [1.29, 1.82) is 0 Å². The molecule has 0 saturated heterocycles. The summed E-state index contributed by atoms with van der Waals surface area (Å²) in [7, 11) is 0. The Morgan fingerprint density at radius 1 is 1.40 bits per heavy atom. The van der Waals surface area contributed by atoms with E-state index < -0.39 is 0 Å². The molecule has 1 heterocycles. The van der Waals surface area contributed by atoms with Gasteiger partial charge in [0, 0.05) is 12.5 Å². The maximum absolute atomic E-state index is 12.2. The summed E-state index contributed by atoms with van der Waals surface area (Å²) in [5, 5.41) is 0. The van der Waals surface area contributed by atoms with Crippen LogP contribution in [0.25, 0.3) is 0 Å². The lowest BCUT2D eigenvalue weighted by Crippen LogP contribution is -2.23. The number of hydrogen-bond acceptors (Lipinski definition) is 3. The second-order valence-corrected chi connectivity index (χ2v) is 6.54. The number of rotatable bonds is 5. The number of aromatic amines is 1. The Hall–Kier alpha value is -0.680. The largest absolute Gasteiger partial charge is 0.370 e. The Balaban J connectivity index is 2.41. The summed E-state index contributed by atoms with van der Waals surface area (Å²) in [6, 6.07) is 0. The molecule has 1 N–H and O–H groups in total. The summed E-state index contributed by atoms with van der Waals surface area (Å²) in [5.41, 5.74) is 0.814. The molecule has 0 bridgehead atoms.